The molecule has 0 fully saturated rings. The maximum absolute atomic E-state index is 8.78. The Morgan fingerprint density at radius 2 is 2.08 bits per heavy atom. The number of rotatable bonds is 4. The zero-order chi connectivity index (χ0) is 9.68. The van der Waals surface area contributed by atoms with Gasteiger partial charge in [0.15, 0.2) is 0 Å². The second kappa shape index (κ2) is 4.77. The Hall–Kier alpha value is -1.16. The van der Waals surface area contributed by atoms with Gasteiger partial charge in [0.2, 0.25) is 5.95 Å². The van der Waals surface area contributed by atoms with Crippen LogP contribution in [0.2, 0.25) is 0 Å². The van der Waals surface area contributed by atoms with Crippen molar-refractivity contribution in [1.82, 2.24) is 9.97 Å². The Labute approximate surface area is 78.0 Å². The zero-order valence-corrected chi connectivity index (χ0v) is 7.99. The average Bonchev–Trinajstić information content (AvgIpc) is 2.16. The standard InChI is InChI=1S/C9H15N3O/c1-7-3-10-9(11-4-7)12-5-8(2)6-13/h3-4,8,13H,5-6H2,1-2H3,(H,10,11,12). The number of aryl methyl sites for hydroxylation is 1. The van der Waals surface area contributed by atoms with E-state index in [1.165, 1.54) is 0 Å². The molecule has 1 atom stereocenters. The molecule has 4 heteroatoms. The van der Waals surface area contributed by atoms with Crippen LogP contribution in [-0.4, -0.2) is 28.2 Å². The first kappa shape index (κ1) is 9.92. The summed E-state index contributed by atoms with van der Waals surface area (Å²) < 4.78 is 0. The van der Waals surface area contributed by atoms with Crippen LogP contribution in [0.3, 0.4) is 0 Å². The van der Waals surface area contributed by atoms with Crippen LogP contribution in [0, 0.1) is 12.8 Å². The quantitative estimate of drug-likeness (QED) is 0.722. The van der Waals surface area contributed by atoms with Crippen LogP contribution in [0.5, 0.6) is 0 Å². The number of nitrogens with zero attached hydrogens (tertiary/aromatic N) is 2. The van der Waals surface area contributed by atoms with Crippen molar-refractivity contribution in [2.24, 2.45) is 5.92 Å². The van der Waals surface area contributed by atoms with Gasteiger partial charge in [-0.05, 0) is 18.4 Å². The highest BCUT2D eigenvalue weighted by Crippen LogP contribution is 2.00. The number of hydrogen-bond acceptors (Lipinski definition) is 4. The molecule has 0 saturated carbocycles. The van der Waals surface area contributed by atoms with Crippen molar-refractivity contribution in [2.45, 2.75) is 13.8 Å². The van der Waals surface area contributed by atoms with Crippen LogP contribution in [0.1, 0.15) is 12.5 Å². The van der Waals surface area contributed by atoms with Crippen molar-refractivity contribution in [3.05, 3.63) is 18.0 Å². The van der Waals surface area contributed by atoms with Crippen molar-refractivity contribution in [3.8, 4) is 0 Å². The molecule has 1 rings (SSSR count). The molecule has 1 aromatic heterocycles. The van der Waals surface area contributed by atoms with Gasteiger partial charge in [-0.3, -0.25) is 0 Å². The van der Waals surface area contributed by atoms with E-state index < -0.39 is 0 Å². The molecular formula is C9H15N3O. The first-order valence-electron chi connectivity index (χ1n) is 4.35. The SMILES string of the molecule is Cc1cnc(NCC(C)CO)nc1. The summed E-state index contributed by atoms with van der Waals surface area (Å²) in [6.45, 7) is 4.78. The lowest BCUT2D eigenvalue weighted by atomic mass is 10.2. The maximum atomic E-state index is 8.78. The molecule has 2 N–H and O–H groups in total. The largest absolute Gasteiger partial charge is 0.396 e. The molecule has 0 aliphatic rings. The van der Waals surface area contributed by atoms with Gasteiger partial charge in [-0.15, -0.1) is 0 Å². The van der Waals surface area contributed by atoms with Crippen LogP contribution in [0.4, 0.5) is 5.95 Å². The van der Waals surface area contributed by atoms with E-state index in [0.717, 1.165) is 5.56 Å². The molecule has 4 nitrogen and oxygen atoms in total. The maximum Gasteiger partial charge on any atom is 0.222 e. The summed E-state index contributed by atoms with van der Waals surface area (Å²) in [6, 6.07) is 0. The van der Waals surface area contributed by atoms with Gasteiger partial charge >= 0.3 is 0 Å². The highest BCUT2D eigenvalue weighted by molar-refractivity contribution is 5.24. The van der Waals surface area contributed by atoms with Crippen LogP contribution >= 0.6 is 0 Å². The summed E-state index contributed by atoms with van der Waals surface area (Å²) in [5, 5.41) is 11.8. The summed E-state index contributed by atoms with van der Waals surface area (Å²) in [7, 11) is 0. The molecule has 0 aliphatic heterocycles. The van der Waals surface area contributed by atoms with Gasteiger partial charge in [-0.2, -0.15) is 0 Å². The number of aromatic nitrogens is 2. The number of aliphatic hydroxyl groups excluding tert-OH is 1. The minimum Gasteiger partial charge on any atom is -0.396 e. The van der Waals surface area contributed by atoms with E-state index >= 15 is 0 Å². The van der Waals surface area contributed by atoms with Gasteiger partial charge in [0.05, 0.1) is 0 Å². The van der Waals surface area contributed by atoms with E-state index in [-0.39, 0.29) is 12.5 Å². The van der Waals surface area contributed by atoms with Crippen LogP contribution < -0.4 is 5.32 Å². The predicted molar refractivity (Wildman–Crippen MR) is 51.5 cm³/mol. The lowest BCUT2D eigenvalue weighted by Crippen LogP contribution is -2.15. The van der Waals surface area contributed by atoms with Gasteiger partial charge in [0.25, 0.3) is 0 Å². The topological polar surface area (TPSA) is 58.0 Å². The van der Waals surface area contributed by atoms with Crippen LogP contribution in [-0.2, 0) is 0 Å². The van der Waals surface area contributed by atoms with E-state index in [2.05, 4.69) is 15.3 Å². The van der Waals surface area contributed by atoms with E-state index in [1.54, 1.807) is 12.4 Å². The third-order valence-corrected chi connectivity index (χ3v) is 1.70. The summed E-state index contributed by atoms with van der Waals surface area (Å²) in [5.41, 5.74) is 1.04. The number of aliphatic hydroxyl groups is 1. The fourth-order valence-electron chi connectivity index (χ4n) is 0.814. The Morgan fingerprint density at radius 1 is 1.46 bits per heavy atom. The third-order valence-electron chi connectivity index (χ3n) is 1.70. The molecule has 0 aliphatic carbocycles. The summed E-state index contributed by atoms with van der Waals surface area (Å²) in [4.78, 5) is 8.16. The van der Waals surface area contributed by atoms with Gasteiger partial charge in [-0.25, -0.2) is 9.97 Å². The molecule has 0 radical (unpaired) electrons. The molecule has 1 heterocycles. The molecule has 0 amide bonds. The second-order valence-corrected chi connectivity index (χ2v) is 3.25. The lowest BCUT2D eigenvalue weighted by molar-refractivity contribution is 0.244. The van der Waals surface area contributed by atoms with Crippen LogP contribution in [0.15, 0.2) is 12.4 Å². The first-order valence-corrected chi connectivity index (χ1v) is 4.35. The van der Waals surface area contributed by atoms with Gasteiger partial charge in [0, 0.05) is 25.5 Å². The molecule has 0 bridgehead atoms. The van der Waals surface area contributed by atoms with Crippen LogP contribution in [0.25, 0.3) is 0 Å². The first-order chi connectivity index (χ1) is 6.22. The number of hydrogen-bond donors (Lipinski definition) is 2. The van der Waals surface area contributed by atoms with E-state index in [9.17, 15) is 0 Å². The van der Waals surface area contributed by atoms with Gasteiger partial charge in [-0.1, -0.05) is 6.92 Å². The minimum absolute atomic E-state index is 0.179. The normalized spacial score (nSPS) is 12.5. The van der Waals surface area contributed by atoms with Crippen molar-refractivity contribution in [3.63, 3.8) is 0 Å². The van der Waals surface area contributed by atoms with E-state index in [0.29, 0.717) is 12.5 Å². The van der Waals surface area contributed by atoms with Gasteiger partial charge in [0.1, 0.15) is 0 Å². The molecular weight excluding hydrogens is 166 g/mol. The molecule has 13 heavy (non-hydrogen) atoms. The van der Waals surface area contributed by atoms with Gasteiger partial charge < -0.3 is 10.4 Å². The fraction of sp³-hybridized carbons (Fsp3) is 0.556. The monoisotopic (exact) mass is 181 g/mol. The minimum atomic E-state index is 0.179. The lowest BCUT2D eigenvalue weighted by Gasteiger charge is -2.08. The molecule has 0 spiro atoms. The zero-order valence-electron chi connectivity index (χ0n) is 7.99. The molecule has 0 saturated heterocycles. The van der Waals surface area contributed by atoms with E-state index in [4.69, 9.17) is 5.11 Å². The van der Waals surface area contributed by atoms with Crippen molar-refractivity contribution in [2.75, 3.05) is 18.5 Å². The Kier molecular flexibility index (Phi) is 3.64. The Morgan fingerprint density at radius 3 is 2.62 bits per heavy atom. The molecule has 0 aromatic carbocycles. The highest BCUT2D eigenvalue weighted by Gasteiger charge is 2.00. The molecule has 72 valence electrons. The van der Waals surface area contributed by atoms with Crippen molar-refractivity contribution < 1.29 is 5.11 Å². The number of anilines is 1. The highest BCUT2D eigenvalue weighted by atomic mass is 16.3. The van der Waals surface area contributed by atoms with Crippen molar-refractivity contribution >= 4 is 5.95 Å². The summed E-state index contributed by atoms with van der Waals surface area (Å²) >= 11 is 0. The van der Waals surface area contributed by atoms with Crippen molar-refractivity contribution in [1.29, 1.82) is 0 Å². The second-order valence-electron chi connectivity index (χ2n) is 3.25. The van der Waals surface area contributed by atoms with E-state index in [1.807, 2.05) is 13.8 Å². The third kappa shape index (κ3) is 3.38. The predicted octanol–water partition coefficient (Wildman–Crippen LogP) is 0.825. The Bertz CT molecular complexity index is 248. The molecule has 1 unspecified atom stereocenters. The average molecular weight is 181 g/mol. The summed E-state index contributed by atoms with van der Waals surface area (Å²) in [5.74, 6) is 0.843. The summed E-state index contributed by atoms with van der Waals surface area (Å²) in [6.07, 6.45) is 3.53. The molecule has 1 aromatic rings. The number of nitrogens with one attached hydrogen (secondary N) is 1. The smallest absolute Gasteiger partial charge is 0.222 e. The fourth-order valence-corrected chi connectivity index (χ4v) is 0.814. The Balaban J connectivity index is 2.41.